The van der Waals surface area contributed by atoms with Crippen LogP contribution < -0.4 is 4.74 Å². The summed E-state index contributed by atoms with van der Waals surface area (Å²) < 4.78 is 10.6. The zero-order chi connectivity index (χ0) is 11.4. The molecule has 0 radical (unpaired) electrons. The van der Waals surface area contributed by atoms with Gasteiger partial charge in [-0.05, 0) is 19.4 Å². The average Bonchev–Trinajstić information content (AvgIpc) is 2.82. The van der Waals surface area contributed by atoms with E-state index in [4.69, 9.17) is 9.47 Å². The van der Waals surface area contributed by atoms with Gasteiger partial charge in [-0.2, -0.15) is 0 Å². The first-order valence-electron chi connectivity index (χ1n) is 5.65. The topological polar surface area (TPSA) is 51.6 Å². The van der Waals surface area contributed by atoms with E-state index in [0.29, 0.717) is 19.0 Å². The molecule has 2 unspecified atom stereocenters. The van der Waals surface area contributed by atoms with Crippen LogP contribution in [0.25, 0.3) is 0 Å². The highest BCUT2D eigenvalue weighted by Gasteiger charge is 2.25. The molecular weight excluding hydrogens is 206 g/mol. The summed E-state index contributed by atoms with van der Waals surface area (Å²) in [5.74, 6) is 0.886. The van der Waals surface area contributed by atoms with Gasteiger partial charge in [-0.3, -0.25) is 4.98 Å². The first-order valence-corrected chi connectivity index (χ1v) is 5.65. The molecule has 88 valence electrons. The maximum absolute atomic E-state index is 10.1. The molecule has 1 aliphatic rings. The second-order valence-electron chi connectivity index (χ2n) is 3.96. The Labute approximate surface area is 95.2 Å². The molecule has 0 amide bonds. The van der Waals surface area contributed by atoms with Crippen molar-refractivity contribution in [2.24, 2.45) is 5.92 Å². The number of aliphatic hydroxyl groups is 1. The maximum atomic E-state index is 10.1. The normalized spacial score (nSPS) is 22.0. The molecule has 0 bridgehead atoms. The fraction of sp³-hybridized carbons (Fsp3) is 0.583. The Kier molecular flexibility index (Phi) is 3.74. The maximum Gasteiger partial charge on any atom is 0.137 e. The summed E-state index contributed by atoms with van der Waals surface area (Å²) in [6.45, 7) is 3.89. The molecule has 2 rings (SSSR count). The lowest BCUT2D eigenvalue weighted by molar-refractivity contribution is 0.0913. The number of aliphatic hydroxyl groups excluding tert-OH is 1. The zero-order valence-electron chi connectivity index (χ0n) is 9.43. The molecule has 1 aliphatic heterocycles. The van der Waals surface area contributed by atoms with E-state index in [1.165, 1.54) is 0 Å². The summed E-state index contributed by atoms with van der Waals surface area (Å²) >= 11 is 0. The van der Waals surface area contributed by atoms with E-state index in [-0.39, 0.29) is 5.92 Å². The van der Waals surface area contributed by atoms with E-state index < -0.39 is 6.10 Å². The molecule has 4 nitrogen and oxygen atoms in total. The van der Waals surface area contributed by atoms with Gasteiger partial charge in [-0.1, -0.05) is 0 Å². The van der Waals surface area contributed by atoms with Crippen LogP contribution in [-0.4, -0.2) is 29.9 Å². The summed E-state index contributed by atoms with van der Waals surface area (Å²) in [4.78, 5) is 4.07. The van der Waals surface area contributed by atoms with Gasteiger partial charge in [0.05, 0.1) is 25.5 Å². The molecule has 1 aromatic rings. The molecule has 1 aromatic heterocycles. The zero-order valence-corrected chi connectivity index (χ0v) is 9.43. The van der Waals surface area contributed by atoms with Crippen molar-refractivity contribution in [2.75, 3.05) is 19.8 Å². The van der Waals surface area contributed by atoms with Crippen LogP contribution in [0.15, 0.2) is 18.5 Å². The molecule has 0 aromatic carbocycles. The summed E-state index contributed by atoms with van der Waals surface area (Å²) in [7, 11) is 0. The number of hydrogen-bond acceptors (Lipinski definition) is 4. The van der Waals surface area contributed by atoms with Crippen LogP contribution in [-0.2, 0) is 4.74 Å². The number of rotatable bonds is 4. The van der Waals surface area contributed by atoms with Crippen LogP contribution in [0, 0.1) is 5.92 Å². The lowest BCUT2D eigenvalue weighted by atomic mass is 9.96. The fourth-order valence-corrected chi connectivity index (χ4v) is 1.92. The summed E-state index contributed by atoms with van der Waals surface area (Å²) in [5.41, 5.74) is 0.807. The molecule has 0 spiro atoms. The first kappa shape index (κ1) is 11.4. The second kappa shape index (κ2) is 5.27. The molecule has 16 heavy (non-hydrogen) atoms. The van der Waals surface area contributed by atoms with Crippen LogP contribution in [0.2, 0.25) is 0 Å². The van der Waals surface area contributed by atoms with E-state index in [1.807, 2.05) is 13.0 Å². The van der Waals surface area contributed by atoms with Gasteiger partial charge < -0.3 is 14.6 Å². The Morgan fingerprint density at radius 3 is 3.19 bits per heavy atom. The van der Waals surface area contributed by atoms with E-state index in [1.54, 1.807) is 12.4 Å². The van der Waals surface area contributed by atoms with Crippen molar-refractivity contribution in [1.29, 1.82) is 0 Å². The minimum atomic E-state index is -0.504. The van der Waals surface area contributed by atoms with E-state index >= 15 is 0 Å². The van der Waals surface area contributed by atoms with Crippen LogP contribution >= 0.6 is 0 Å². The highest BCUT2D eigenvalue weighted by atomic mass is 16.5. The van der Waals surface area contributed by atoms with Crippen LogP contribution in [0.3, 0.4) is 0 Å². The molecule has 0 aliphatic carbocycles. The van der Waals surface area contributed by atoms with Crippen molar-refractivity contribution in [1.82, 2.24) is 4.98 Å². The van der Waals surface area contributed by atoms with Crippen molar-refractivity contribution in [3.05, 3.63) is 24.0 Å². The molecule has 1 N–H and O–H groups in total. The van der Waals surface area contributed by atoms with Crippen molar-refractivity contribution in [2.45, 2.75) is 19.4 Å². The highest BCUT2D eigenvalue weighted by molar-refractivity contribution is 5.25. The van der Waals surface area contributed by atoms with Crippen molar-refractivity contribution >= 4 is 0 Å². The largest absolute Gasteiger partial charge is 0.492 e. The van der Waals surface area contributed by atoms with E-state index in [2.05, 4.69) is 4.98 Å². The number of pyridine rings is 1. The molecule has 1 fully saturated rings. The Hall–Kier alpha value is -1.13. The second-order valence-corrected chi connectivity index (χ2v) is 3.96. The fourth-order valence-electron chi connectivity index (χ4n) is 1.92. The molecule has 0 saturated carbocycles. The summed E-state index contributed by atoms with van der Waals surface area (Å²) in [5, 5.41) is 10.1. The minimum Gasteiger partial charge on any atom is -0.492 e. The van der Waals surface area contributed by atoms with Crippen molar-refractivity contribution < 1.29 is 14.6 Å². The Morgan fingerprint density at radius 1 is 1.62 bits per heavy atom. The third-order valence-electron chi connectivity index (χ3n) is 2.80. The third-order valence-corrected chi connectivity index (χ3v) is 2.80. The van der Waals surface area contributed by atoms with Gasteiger partial charge in [0.1, 0.15) is 5.75 Å². The standard InChI is InChI=1S/C12H17NO3/c1-2-16-11-5-10(6-13-7-11)12(14)9-3-4-15-8-9/h5-7,9,12,14H,2-4,8H2,1H3. The smallest absolute Gasteiger partial charge is 0.137 e. The average molecular weight is 223 g/mol. The quantitative estimate of drug-likeness (QED) is 0.841. The molecule has 1 saturated heterocycles. The molecule has 2 atom stereocenters. The van der Waals surface area contributed by atoms with Crippen LogP contribution in [0.1, 0.15) is 25.0 Å². The summed E-state index contributed by atoms with van der Waals surface area (Å²) in [6, 6.07) is 1.85. The molecule has 2 heterocycles. The lowest BCUT2D eigenvalue weighted by Gasteiger charge is -2.16. The van der Waals surface area contributed by atoms with Gasteiger partial charge in [0.25, 0.3) is 0 Å². The molecular formula is C12H17NO3. The number of ether oxygens (including phenoxy) is 2. The van der Waals surface area contributed by atoms with Gasteiger partial charge in [0.15, 0.2) is 0 Å². The first-order chi connectivity index (χ1) is 7.81. The SMILES string of the molecule is CCOc1cncc(C(O)C2CCOC2)c1. The van der Waals surface area contributed by atoms with Gasteiger partial charge >= 0.3 is 0 Å². The van der Waals surface area contributed by atoms with Crippen molar-refractivity contribution in [3.63, 3.8) is 0 Å². The highest BCUT2D eigenvalue weighted by Crippen LogP contribution is 2.29. The lowest BCUT2D eigenvalue weighted by Crippen LogP contribution is -2.12. The monoisotopic (exact) mass is 223 g/mol. The Bertz CT molecular complexity index is 337. The van der Waals surface area contributed by atoms with E-state index in [0.717, 1.165) is 18.6 Å². The molecule has 4 heteroatoms. The number of hydrogen-bond donors (Lipinski definition) is 1. The minimum absolute atomic E-state index is 0.179. The van der Waals surface area contributed by atoms with E-state index in [9.17, 15) is 5.11 Å². The van der Waals surface area contributed by atoms with Crippen LogP contribution in [0.5, 0.6) is 5.75 Å². The van der Waals surface area contributed by atoms with Gasteiger partial charge in [0, 0.05) is 24.3 Å². The Morgan fingerprint density at radius 2 is 2.50 bits per heavy atom. The number of nitrogens with zero attached hydrogens (tertiary/aromatic N) is 1. The predicted octanol–water partition coefficient (Wildman–Crippen LogP) is 1.55. The number of aromatic nitrogens is 1. The summed E-state index contributed by atoms with van der Waals surface area (Å²) in [6.07, 6.45) is 3.74. The predicted molar refractivity (Wildman–Crippen MR) is 59.3 cm³/mol. The van der Waals surface area contributed by atoms with Crippen molar-refractivity contribution in [3.8, 4) is 5.75 Å². The van der Waals surface area contributed by atoms with Gasteiger partial charge in [-0.25, -0.2) is 0 Å². The Balaban J connectivity index is 2.09. The van der Waals surface area contributed by atoms with Gasteiger partial charge in [-0.15, -0.1) is 0 Å². The third kappa shape index (κ3) is 2.51. The van der Waals surface area contributed by atoms with Crippen LogP contribution in [0.4, 0.5) is 0 Å². The van der Waals surface area contributed by atoms with Gasteiger partial charge in [0.2, 0.25) is 0 Å².